The number of hydrogen-bond acceptors (Lipinski definition) is 2. The van der Waals surface area contributed by atoms with Crippen LogP contribution in [-0.4, -0.2) is 18.2 Å². The van der Waals surface area contributed by atoms with Gasteiger partial charge in [0.2, 0.25) is 0 Å². The first kappa shape index (κ1) is 17.3. The first-order valence-electron chi connectivity index (χ1n) is 6.24. The van der Waals surface area contributed by atoms with Crippen molar-refractivity contribution in [1.82, 2.24) is 4.98 Å². The van der Waals surface area contributed by atoms with E-state index in [9.17, 15) is 0 Å². The summed E-state index contributed by atoms with van der Waals surface area (Å²) in [6.45, 7) is 5.67. The molecule has 2 nitrogen and oxygen atoms in total. The molecule has 0 aliphatic carbocycles. The minimum absolute atomic E-state index is 0.340. The molecule has 20 heavy (non-hydrogen) atoms. The first-order valence-corrected chi connectivity index (χ1v) is 7.37. The predicted octanol–water partition coefficient (Wildman–Crippen LogP) is 5.75. The van der Waals surface area contributed by atoms with Crippen LogP contribution in [0.5, 0.6) is 0 Å². The molecule has 0 aliphatic heterocycles. The molecule has 0 unspecified atom stereocenters. The van der Waals surface area contributed by atoms with Crippen molar-refractivity contribution in [3.63, 3.8) is 0 Å². The van der Waals surface area contributed by atoms with Gasteiger partial charge in [-0.15, -0.1) is 0 Å². The summed E-state index contributed by atoms with van der Waals surface area (Å²) >= 11 is 17.8. The monoisotopic (exact) mass is 331 g/mol. The number of halogens is 3. The van der Waals surface area contributed by atoms with Crippen LogP contribution in [0.3, 0.4) is 0 Å². The molecule has 2 aromatic rings. The summed E-state index contributed by atoms with van der Waals surface area (Å²) in [4.78, 5) is 4.16. The molecule has 0 saturated carbocycles. The van der Waals surface area contributed by atoms with E-state index in [1.54, 1.807) is 0 Å². The maximum absolute atomic E-state index is 6.05. The smallest absolute Gasteiger partial charge is 0.0904 e. The van der Waals surface area contributed by atoms with Crippen LogP contribution in [-0.2, 0) is 4.74 Å². The van der Waals surface area contributed by atoms with E-state index in [4.69, 9.17) is 39.5 Å². The molecule has 1 heterocycles. The van der Waals surface area contributed by atoms with Crippen LogP contribution in [0.25, 0.3) is 11.3 Å². The standard InChI is InChI=1S/C11H6Cl3N.C4H10O/c12-8-6-15-11(10(14)9(8)13)7-4-2-1-3-5-7;1-3-5-4-2/h1-6H;3-4H2,1-2H3. The lowest BCUT2D eigenvalue weighted by atomic mass is 10.1. The van der Waals surface area contributed by atoms with Gasteiger partial charge in [0.25, 0.3) is 0 Å². The van der Waals surface area contributed by atoms with Crippen LogP contribution in [0.4, 0.5) is 0 Å². The summed E-state index contributed by atoms with van der Waals surface area (Å²) in [7, 11) is 0. The number of aromatic nitrogens is 1. The third-order valence-electron chi connectivity index (χ3n) is 2.37. The van der Waals surface area contributed by atoms with Gasteiger partial charge in [-0.05, 0) is 13.8 Å². The zero-order valence-corrected chi connectivity index (χ0v) is 13.6. The first-order chi connectivity index (χ1) is 9.61. The van der Waals surface area contributed by atoms with E-state index in [1.165, 1.54) is 6.20 Å². The van der Waals surface area contributed by atoms with Crippen LogP contribution >= 0.6 is 34.8 Å². The second-order valence-electron chi connectivity index (χ2n) is 3.73. The Morgan fingerprint density at radius 2 is 1.55 bits per heavy atom. The fraction of sp³-hybridized carbons (Fsp3) is 0.267. The normalized spacial score (nSPS) is 9.85. The topological polar surface area (TPSA) is 22.1 Å². The van der Waals surface area contributed by atoms with Gasteiger partial charge in [0.15, 0.2) is 0 Å². The number of rotatable bonds is 3. The summed E-state index contributed by atoms with van der Waals surface area (Å²) in [5.74, 6) is 0. The number of nitrogens with zero attached hydrogens (tertiary/aromatic N) is 1. The minimum Gasteiger partial charge on any atom is -0.382 e. The molecule has 0 radical (unpaired) electrons. The van der Waals surface area contributed by atoms with Crippen molar-refractivity contribution in [2.45, 2.75) is 13.8 Å². The molecule has 0 fully saturated rings. The molecular weight excluding hydrogens is 317 g/mol. The van der Waals surface area contributed by atoms with Crippen LogP contribution in [0.1, 0.15) is 13.8 Å². The molecule has 0 amide bonds. The molecule has 5 heteroatoms. The van der Waals surface area contributed by atoms with Crippen molar-refractivity contribution < 1.29 is 4.74 Å². The molecule has 0 atom stereocenters. The van der Waals surface area contributed by atoms with E-state index in [0.717, 1.165) is 18.8 Å². The number of ether oxygens (including phenoxy) is 1. The Labute approximate surface area is 134 Å². The van der Waals surface area contributed by atoms with Gasteiger partial charge in [0.1, 0.15) is 0 Å². The van der Waals surface area contributed by atoms with Gasteiger partial charge >= 0.3 is 0 Å². The lowest BCUT2D eigenvalue weighted by molar-refractivity contribution is 0.162. The summed E-state index contributed by atoms with van der Waals surface area (Å²) in [5.41, 5.74) is 1.56. The second kappa shape index (κ2) is 9.19. The molecule has 1 aromatic carbocycles. The zero-order valence-electron chi connectivity index (χ0n) is 11.4. The average molecular weight is 333 g/mol. The fourth-order valence-electron chi connectivity index (χ4n) is 1.44. The second-order valence-corrected chi connectivity index (χ2v) is 4.89. The minimum atomic E-state index is 0.340. The lowest BCUT2D eigenvalue weighted by Crippen LogP contribution is -1.86. The Hall–Kier alpha value is -0.800. The van der Waals surface area contributed by atoms with Gasteiger partial charge in [-0.25, -0.2) is 0 Å². The summed E-state index contributed by atoms with van der Waals surface area (Å²) < 4.78 is 4.83. The third kappa shape index (κ3) is 4.95. The van der Waals surface area contributed by atoms with E-state index in [-0.39, 0.29) is 0 Å². The molecule has 1 aromatic heterocycles. The molecule has 0 aliphatic rings. The quantitative estimate of drug-likeness (QED) is 0.713. The van der Waals surface area contributed by atoms with Crippen LogP contribution < -0.4 is 0 Å². The molecule has 0 bridgehead atoms. The van der Waals surface area contributed by atoms with E-state index in [0.29, 0.717) is 20.8 Å². The SMILES string of the molecule is CCOCC.Clc1cnc(-c2ccccc2)c(Cl)c1Cl. The van der Waals surface area contributed by atoms with Crippen molar-refractivity contribution in [3.05, 3.63) is 51.6 Å². The Kier molecular flexibility index (Phi) is 7.93. The summed E-state index contributed by atoms with van der Waals surface area (Å²) in [6.07, 6.45) is 1.50. The van der Waals surface area contributed by atoms with Gasteiger partial charge in [0, 0.05) is 25.0 Å². The highest BCUT2D eigenvalue weighted by Crippen LogP contribution is 2.35. The van der Waals surface area contributed by atoms with Crippen molar-refractivity contribution in [2.75, 3.05) is 13.2 Å². The average Bonchev–Trinajstić information content (AvgIpc) is 2.47. The molecule has 0 saturated heterocycles. The molecular formula is C15H16Cl3NO. The summed E-state index contributed by atoms with van der Waals surface area (Å²) in [5, 5.41) is 1.09. The van der Waals surface area contributed by atoms with Crippen LogP contribution in [0, 0.1) is 0 Å². The van der Waals surface area contributed by atoms with Crippen LogP contribution in [0.15, 0.2) is 36.5 Å². The van der Waals surface area contributed by atoms with Crippen molar-refractivity contribution >= 4 is 34.8 Å². The van der Waals surface area contributed by atoms with Gasteiger partial charge in [-0.1, -0.05) is 65.1 Å². The highest BCUT2D eigenvalue weighted by atomic mass is 35.5. The van der Waals surface area contributed by atoms with E-state index in [2.05, 4.69) is 4.98 Å². The Morgan fingerprint density at radius 1 is 0.950 bits per heavy atom. The maximum atomic E-state index is 6.05. The van der Waals surface area contributed by atoms with Gasteiger partial charge in [-0.2, -0.15) is 0 Å². The van der Waals surface area contributed by atoms with E-state index in [1.807, 2.05) is 44.2 Å². The highest BCUT2D eigenvalue weighted by molar-refractivity contribution is 6.48. The maximum Gasteiger partial charge on any atom is 0.0904 e. The molecule has 108 valence electrons. The zero-order chi connectivity index (χ0) is 15.0. The summed E-state index contributed by atoms with van der Waals surface area (Å²) in [6, 6.07) is 9.58. The Morgan fingerprint density at radius 3 is 2.05 bits per heavy atom. The largest absolute Gasteiger partial charge is 0.382 e. The van der Waals surface area contributed by atoms with E-state index < -0.39 is 0 Å². The molecule has 0 N–H and O–H groups in total. The third-order valence-corrected chi connectivity index (χ3v) is 3.61. The number of pyridine rings is 1. The highest BCUT2D eigenvalue weighted by Gasteiger charge is 2.11. The van der Waals surface area contributed by atoms with Gasteiger partial charge in [-0.3, -0.25) is 4.98 Å². The molecule has 0 spiro atoms. The fourth-order valence-corrected chi connectivity index (χ4v) is 2.03. The Bertz CT molecular complexity index is 530. The lowest BCUT2D eigenvalue weighted by Gasteiger charge is -2.05. The Balaban J connectivity index is 0.000000347. The van der Waals surface area contributed by atoms with E-state index >= 15 is 0 Å². The van der Waals surface area contributed by atoms with Crippen molar-refractivity contribution in [2.24, 2.45) is 0 Å². The molecule has 2 rings (SSSR count). The van der Waals surface area contributed by atoms with Crippen molar-refractivity contribution in [1.29, 1.82) is 0 Å². The van der Waals surface area contributed by atoms with Crippen molar-refractivity contribution in [3.8, 4) is 11.3 Å². The number of benzene rings is 1. The van der Waals surface area contributed by atoms with Gasteiger partial charge in [0.05, 0.1) is 20.8 Å². The van der Waals surface area contributed by atoms with Crippen LogP contribution in [0.2, 0.25) is 15.1 Å². The van der Waals surface area contributed by atoms with Gasteiger partial charge < -0.3 is 4.74 Å². The predicted molar refractivity (Wildman–Crippen MR) is 86.9 cm³/mol. The number of hydrogen-bond donors (Lipinski definition) is 0.